The van der Waals surface area contributed by atoms with Crippen LogP contribution in [0.4, 0.5) is 5.69 Å². The third-order valence-corrected chi connectivity index (χ3v) is 10.9. The van der Waals surface area contributed by atoms with E-state index in [1.165, 1.54) is 22.2 Å². The summed E-state index contributed by atoms with van der Waals surface area (Å²) in [6, 6.07) is 20.1. The van der Waals surface area contributed by atoms with Crippen LogP contribution in [0.1, 0.15) is 58.9 Å². The molecule has 0 saturated carbocycles. The maximum Gasteiger partial charge on any atom is 0.162 e. The van der Waals surface area contributed by atoms with E-state index < -0.39 is 8.07 Å². The van der Waals surface area contributed by atoms with E-state index in [9.17, 15) is 9.90 Å². The van der Waals surface area contributed by atoms with E-state index in [-0.39, 0.29) is 43.5 Å². The number of carbonyl (C=O) groups excluding carboxylic acids is 1. The molecule has 3 aromatic carbocycles. The van der Waals surface area contributed by atoms with Crippen LogP contribution in [-0.4, -0.2) is 30.2 Å². The molecule has 1 aliphatic rings. The topological polar surface area (TPSA) is 75.7 Å². The van der Waals surface area contributed by atoms with Crippen molar-refractivity contribution >= 4 is 63.7 Å². The summed E-state index contributed by atoms with van der Waals surface area (Å²) < 4.78 is 6.37. The fourth-order valence-corrected chi connectivity index (χ4v) is 7.04. The van der Waals surface area contributed by atoms with Gasteiger partial charge in [-0.1, -0.05) is 88.6 Å². The largest absolute Gasteiger partial charge is 0.512 e. The number of fused-ring (bicyclic) bond motifs is 4. The number of rotatable bonds is 9. The quantitative estimate of drug-likeness (QED) is 0.0685. The van der Waals surface area contributed by atoms with Crippen LogP contribution in [0.15, 0.2) is 76.0 Å². The molecule has 0 aliphatic carbocycles. The Bertz CT molecular complexity index is 1880. The van der Waals surface area contributed by atoms with Gasteiger partial charge in [-0.05, 0) is 48.0 Å². The number of aromatic nitrogens is 1. The zero-order valence-electron chi connectivity index (χ0n) is 27.3. The van der Waals surface area contributed by atoms with Crippen molar-refractivity contribution in [2.45, 2.75) is 73.0 Å². The number of aliphatic hydroxyl groups excluding tert-OH is 1. The molecule has 0 spiro atoms. The van der Waals surface area contributed by atoms with Crippen molar-refractivity contribution < 1.29 is 34.4 Å². The van der Waals surface area contributed by atoms with Crippen LogP contribution in [0, 0.1) is 17.9 Å². The van der Waals surface area contributed by atoms with E-state index in [2.05, 4.69) is 68.2 Å². The molecule has 0 amide bonds. The summed E-state index contributed by atoms with van der Waals surface area (Å²) in [5, 5.41) is 15.6. The number of pyridine rings is 1. The number of benzene rings is 3. The van der Waals surface area contributed by atoms with E-state index in [4.69, 9.17) is 14.4 Å². The van der Waals surface area contributed by atoms with Crippen LogP contribution >= 0.6 is 0 Å². The minimum atomic E-state index is -1.38. The number of ketones is 1. The van der Waals surface area contributed by atoms with Crippen molar-refractivity contribution in [1.82, 2.24) is 4.98 Å². The van der Waals surface area contributed by atoms with E-state index in [1.54, 1.807) is 0 Å². The minimum absolute atomic E-state index is 0. The molecule has 0 atom stereocenters. The first-order valence-electron chi connectivity index (χ1n) is 15.9. The molecule has 7 heteroatoms. The molecule has 0 fully saturated rings. The predicted molar refractivity (Wildman–Crippen MR) is 187 cm³/mol. The normalized spacial score (nSPS) is 12.7. The number of aliphatic imine (C=N–C) groups is 1. The molecule has 1 aliphatic heterocycles. The molecule has 1 N–H and O–H groups in total. The maximum absolute atomic E-state index is 11.7. The van der Waals surface area contributed by atoms with Gasteiger partial charge in [-0.2, -0.15) is 0 Å². The SMILES string of the molecule is CCC(CC)C(=O)/C=C(\O)C(CC)CC.C[Si](C)(C)c1ccc(-c2[c-]ccc3c2oc2cc4cccc5c4c(c23)N=C5)nc1.[Ir]. The molecule has 0 unspecified atom stereocenters. The zero-order valence-corrected chi connectivity index (χ0v) is 30.7. The Labute approximate surface area is 281 Å². The zero-order chi connectivity index (χ0) is 31.6. The molecular weight excluding hydrogens is 753 g/mol. The van der Waals surface area contributed by atoms with Crippen molar-refractivity contribution in [1.29, 1.82) is 0 Å². The van der Waals surface area contributed by atoms with Crippen LogP contribution in [0.5, 0.6) is 0 Å². The van der Waals surface area contributed by atoms with Crippen LogP contribution in [-0.2, 0) is 24.9 Å². The van der Waals surface area contributed by atoms with Gasteiger partial charge in [0, 0.05) is 66.8 Å². The number of aliphatic hydroxyl groups is 1. The summed E-state index contributed by atoms with van der Waals surface area (Å²) in [5.41, 5.74) is 5.65. The first-order chi connectivity index (χ1) is 21.1. The van der Waals surface area contributed by atoms with E-state index in [0.717, 1.165) is 70.0 Å². The summed E-state index contributed by atoms with van der Waals surface area (Å²) in [5.74, 6) is 0.547. The second kappa shape index (κ2) is 14.4. The van der Waals surface area contributed by atoms with Gasteiger partial charge in [-0.15, -0.1) is 18.2 Å². The maximum atomic E-state index is 11.7. The van der Waals surface area contributed by atoms with Gasteiger partial charge in [-0.25, -0.2) is 0 Å². The summed E-state index contributed by atoms with van der Waals surface area (Å²) in [6.45, 7) is 15.1. The Morgan fingerprint density at radius 2 is 1.69 bits per heavy atom. The molecule has 0 bridgehead atoms. The van der Waals surface area contributed by atoms with Gasteiger partial charge >= 0.3 is 0 Å². The Morgan fingerprint density at radius 1 is 0.978 bits per heavy atom. The van der Waals surface area contributed by atoms with Crippen molar-refractivity contribution in [3.05, 3.63) is 78.2 Å². The van der Waals surface area contributed by atoms with Crippen LogP contribution in [0.25, 0.3) is 44.0 Å². The number of hydrogen-bond acceptors (Lipinski definition) is 5. The van der Waals surface area contributed by atoms with Crippen LogP contribution < -0.4 is 5.19 Å². The summed E-state index contributed by atoms with van der Waals surface area (Å²) in [7, 11) is -1.38. The summed E-state index contributed by atoms with van der Waals surface area (Å²) in [6.07, 6.45) is 8.87. The fourth-order valence-electron chi connectivity index (χ4n) is 6.00. The number of allylic oxidation sites excluding steroid dienone is 2. The number of nitrogens with zero attached hydrogens (tertiary/aromatic N) is 2. The predicted octanol–water partition coefficient (Wildman–Crippen LogP) is 10.1. The number of hydrogen-bond donors (Lipinski definition) is 1. The monoisotopic (exact) mass is 796 g/mol. The Balaban J connectivity index is 0.000000249. The molecule has 5 nitrogen and oxygen atoms in total. The third kappa shape index (κ3) is 6.91. The van der Waals surface area contributed by atoms with E-state index in [1.807, 2.05) is 46.2 Å². The first-order valence-corrected chi connectivity index (χ1v) is 19.4. The molecule has 2 aromatic heterocycles. The Kier molecular flexibility index (Phi) is 11.0. The van der Waals surface area contributed by atoms with Crippen LogP contribution in [0.2, 0.25) is 19.6 Å². The second-order valence-electron chi connectivity index (χ2n) is 12.7. The summed E-state index contributed by atoms with van der Waals surface area (Å²) >= 11 is 0. The molecule has 0 saturated heterocycles. The second-order valence-corrected chi connectivity index (χ2v) is 17.8. The number of carbonyl (C=O) groups is 1. The van der Waals surface area contributed by atoms with Gasteiger partial charge in [0.05, 0.1) is 25.1 Å². The standard InChI is InChI=1S/C25H19N2OSi.C13H24O2.Ir/c1-29(2,3)17-10-11-20(26-14-17)18-8-5-9-19-23-21(28-25(18)19)12-15-6-4-7-16-13-27-24(23)22(15)16;1-5-10(6-2)12(14)9-13(15)11(7-3)8-4;/h4-7,9-14H,1-3H3;9-11,14H,5-8H2,1-4H3;/q-1;;/b;12-9-;. The molecule has 45 heavy (non-hydrogen) atoms. The molecular formula is C38H43IrN2O3Si-. The van der Waals surface area contributed by atoms with E-state index >= 15 is 0 Å². The van der Waals surface area contributed by atoms with Gasteiger partial charge < -0.3 is 14.5 Å². The molecule has 6 rings (SSSR count). The Morgan fingerprint density at radius 3 is 2.31 bits per heavy atom. The average Bonchev–Trinajstić information content (AvgIpc) is 3.61. The minimum Gasteiger partial charge on any atom is -0.512 e. The van der Waals surface area contributed by atoms with Gasteiger partial charge in [0.2, 0.25) is 0 Å². The molecule has 3 heterocycles. The molecule has 5 aromatic rings. The van der Waals surface area contributed by atoms with E-state index in [0.29, 0.717) is 0 Å². The van der Waals surface area contributed by atoms with Gasteiger partial charge in [0.25, 0.3) is 0 Å². The van der Waals surface area contributed by atoms with Gasteiger partial charge in [0.1, 0.15) is 5.58 Å². The average molecular weight is 796 g/mol. The van der Waals surface area contributed by atoms with Gasteiger partial charge in [0.15, 0.2) is 5.78 Å². The van der Waals surface area contributed by atoms with Crippen molar-refractivity contribution in [2.24, 2.45) is 16.8 Å². The summed E-state index contributed by atoms with van der Waals surface area (Å²) in [4.78, 5) is 21.2. The smallest absolute Gasteiger partial charge is 0.162 e. The molecule has 237 valence electrons. The van der Waals surface area contributed by atoms with Crippen molar-refractivity contribution in [3.63, 3.8) is 0 Å². The Hall–Kier alpha value is -3.38. The van der Waals surface area contributed by atoms with Gasteiger partial charge in [-0.3, -0.25) is 9.79 Å². The van der Waals surface area contributed by atoms with Crippen LogP contribution in [0.3, 0.4) is 0 Å². The molecule has 1 radical (unpaired) electrons. The third-order valence-electron chi connectivity index (χ3n) is 8.87. The fraction of sp³-hybridized carbons (Fsp3) is 0.342. The number of furan rings is 1. The van der Waals surface area contributed by atoms with Crippen molar-refractivity contribution in [3.8, 4) is 11.3 Å². The first kappa shape index (κ1) is 34.5. The van der Waals surface area contributed by atoms with Crippen molar-refractivity contribution in [2.75, 3.05) is 0 Å².